The lowest BCUT2D eigenvalue weighted by molar-refractivity contribution is -0.137. The molecule has 0 spiro atoms. The third-order valence-corrected chi connectivity index (χ3v) is 2.89. The maximum Gasteiger partial charge on any atom is 0.303 e. The van der Waals surface area contributed by atoms with Crippen molar-refractivity contribution in [3.05, 3.63) is 0 Å². The molecule has 1 aliphatic rings. The van der Waals surface area contributed by atoms with Crippen molar-refractivity contribution in [2.45, 2.75) is 39.2 Å². The molecule has 4 heteroatoms. The average molecular weight is 228 g/mol. The molecule has 1 heterocycles. The number of carboxylic acids is 1. The molecule has 4 nitrogen and oxygen atoms in total. The second-order valence-electron chi connectivity index (χ2n) is 5.09. The summed E-state index contributed by atoms with van der Waals surface area (Å²) in [4.78, 5) is 13.0. The van der Waals surface area contributed by atoms with Crippen LogP contribution in [-0.4, -0.2) is 48.2 Å². The Kier molecular flexibility index (Phi) is 5.77. The van der Waals surface area contributed by atoms with Gasteiger partial charge in [0.25, 0.3) is 0 Å². The monoisotopic (exact) mass is 228 g/mol. The first-order valence-corrected chi connectivity index (χ1v) is 6.25. The van der Waals surface area contributed by atoms with E-state index in [1.807, 2.05) is 0 Å². The molecule has 0 aliphatic carbocycles. The molecular weight excluding hydrogens is 204 g/mol. The number of hydrogen-bond acceptors (Lipinski definition) is 3. The minimum atomic E-state index is -0.693. The van der Waals surface area contributed by atoms with Crippen molar-refractivity contribution in [3.8, 4) is 0 Å². The fraction of sp³-hybridized carbons (Fsp3) is 0.917. The van der Waals surface area contributed by atoms with Gasteiger partial charge in [-0.25, -0.2) is 0 Å². The molecule has 1 fully saturated rings. The van der Waals surface area contributed by atoms with Crippen LogP contribution in [0.4, 0.5) is 0 Å². The van der Waals surface area contributed by atoms with Crippen LogP contribution in [0, 0.1) is 5.92 Å². The lowest BCUT2D eigenvalue weighted by Crippen LogP contribution is -2.39. The molecule has 1 saturated heterocycles. The third kappa shape index (κ3) is 5.47. The molecule has 0 amide bonds. The Morgan fingerprint density at radius 3 is 2.94 bits per heavy atom. The number of rotatable bonds is 5. The molecule has 0 aromatic rings. The van der Waals surface area contributed by atoms with E-state index in [1.54, 1.807) is 0 Å². The summed E-state index contributed by atoms with van der Waals surface area (Å²) in [5, 5.41) is 12.1. The van der Waals surface area contributed by atoms with Crippen LogP contribution in [0.3, 0.4) is 0 Å². The molecule has 0 aromatic carbocycles. The molecule has 1 rings (SSSR count). The summed E-state index contributed by atoms with van der Waals surface area (Å²) in [5.74, 6) is -0.0142. The van der Waals surface area contributed by atoms with Crippen LogP contribution in [0.2, 0.25) is 0 Å². The van der Waals surface area contributed by atoms with Gasteiger partial charge in [-0.1, -0.05) is 13.8 Å². The van der Waals surface area contributed by atoms with E-state index in [4.69, 9.17) is 5.11 Å². The van der Waals surface area contributed by atoms with Crippen molar-refractivity contribution in [1.29, 1.82) is 0 Å². The molecule has 1 atom stereocenters. The number of carboxylic acid groups (broad SMARTS) is 1. The quantitative estimate of drug-likeness (QED) is 0.741. The van der Waals surface area contributed by atoms with E-state index >= 15 is 0 Å². The molecule has 0 radical (unpaired) electrons. The first-order valence-electron chi connectivity index (χ1n) is 6.25. The zero-order valence-corrected chi connectivity index (χ0v) is 10.4. The van der Waals surface area contributed by atoms with Crippen molar-refractivity contribution < 1.29 is 9.90 Å². The normalized spacial score (nSPS) is 23.3. The van der Waals surface area contributed by atoms with E-state index in [2.05, 4.69) is 24.1 Å². The maximum atomic E-state index is 10.5. The molecule has 2 N–H and O–H groups in total. The summed E-state index contributed by atoms with van der Waals surface area (Å²) in [7, 11) is 0. The Balaban J connectivity index is 2.36. The van der Waals surface area contributed by atoms with Gasteiger partial charge in [0.2, 0.25) is 0 Å². The maximum absolute atomic E-state index is 10.5. The standard InChI is InChI=1S/C12H24N2O2/c1-10(2)8-14-7-3-6-13-11(9-14)4-5-12(15)16/h10-11,13H,3-9H2,1-2H3,(H,15,16). The Morgan fingerprint density at radius 1 is 1.56 bits per heavy atom. The zero-order valence-electron chi connectivity index (χ0n) is 10.4. The predicted octanol–water partition coefficient (Wildman–Crippen LogP) is 1.17. The highest BCUT2D eigenvalue weighted by atomic mass is 16.4. The van der Waals surface area contributed by atoms with Crippen molar-refractivity contribution >= 4 is 5.97 Å². The van der Waals surface area contributed by atoms with E-state index < -0.39 is 5.97 Å². The summed E-state index contributed by atoms with van der Waals surface area (Å²) >= 11 is 0. The van der Waals surface area contributed by atoms with Crippen molar-refractivity contribution in [2.24, 2.45) is 5.92 Å². The first kappa shape index (κ1) is 13.5. The first-order chi connectivity index (χ1) is 7.58. The second-order valence-corrected chi connectivity index (χ2v) is 5.09. The Bertz CT molecular complexity index is 219. The smallest absolute Gasteiger partial charge is 0.303 e. The van der Waals surface area contributed by atoms with Crippen LogP contribution >= 0.6 is 0 Å². The Labute approximate surface area is 98.0 Å². The van der Waals surface area contributed by atoms with Crippen LogP contribution in [0.25, 0.3) is 0 Å². The molecule has 1 unspecified atom stereocenters. The minimum absolute atomic E-state index is 0.271. The summed E-state index contributed by atoms with van der Waals surface area (Å²) in [6.45, 7) is 8.71. The molecule has 16 heavy (non-hydrogen) atoms. The SMILES string of the molecule is CC(C)CN1CCCNC(CCC(=O)O)C1. The molecular formula is C12H24N2O2. The molecule has 0 aromatic heterocycles. The lowest BCUT2D eigenvalue weighted by atomic mass is 10.1. The van der Waals surface area contributed by atoms with Gasteiger partial charge in [-0.15, -0.1) is 0 Å². The van der Waals surface area contributed by atoms with E-state index in [0.717, 1.165) is 39.0 Å². The fourth-order valence-electron chi connectivity index (χ4n) is 2.25. The summed E-state index contributed by atoms with van der Waals surface area (Å²) in [5.41, 5.74) is 0. The van der Waals surface area contributed by atoms with Gasteiger partial charge >= 0.3 is 5.97 Å². The van der Waals surface area contributed by atoms with Crippen LogP contribution in [0.5, 0.6) is 0 Å². The van der Waals surface area contributed by atoms with Crippen LogP contribution in [-0.2, 0) is 4.79 Å². The van der Waals surface area contributed by atoms with Gasteiger partial charge in [0.15, 0.2) is 0 Å². The predicted molar refractivity (Wildman–Crippen MR) is 64.6 cm³/mol. The highest BCUT2D eigenvalue weighted by Gasteiger charge is 2.18. The summed E-state index contributed by atoms with van der Waals surface area (Å²) in [6.07, 6.45) is 2.17. The molecule has 1 aliphatic heterocycles. The van der Waals surface area contributed by atoms with Gasteiger partial charge in [-0.3, -0.25) is 4.79 Å². The number of nitrogens with zero attached hydrogens (tertiary/aromatic N) is 1. The van der Waals surface area contributed by atoms with Crippen molar-refractivity contribution in [2.75, 3.05) is 26.2 Å². The van der Waals surface area contributed by atoms with E-state index in [0.29, 0.717) is 12.0 Å². The Morgan fingerprint density at radius 2 is 2.31 bits per heavy atom. The third-order valence-electron chi connectivity index (χ3n) is 2.89. The summed E-state index contributed by atoms with van der Waals surface area (Å²) in [6, 6.07) is 0.345. The summed E-state index contributed by atoms with van der Waals surface area (Å²) < 4.78 is 0. The minimum Gasteiger partial charge on any atom is -0.481 e. The number of hydrogen-bond donors (Lipinski definition) is 2. The molecule has 0 bridgehead atoms. The van der Waals surface area contributed by atoms with Crippen molar-refractivity contribution in [3.63, 3.8) is 0 Å². The van der Waals surface area contributed by atoms with E-state index in [1.165, 1.54) is 0 Å². The largest absolute Gasteiger partial charge is 0.481 e. The van der Waals surface area contributed by atoms with Gasteiger partial charge < -0.3 is 15.3 Å². The lowest BCUT2D eigenvalue weighted by Gasteiger charge is -2.25. The van der Waals surface area contributed by atoms with Crippen LogP contribution < -0.4 is 5.32 Å². The topological polar surface area (TPSA) is 52.6 Å². The van der Waals surface area contributed by atoms with Gasteiger partial charge in [0.1, 0.15) is 0 Å². The van der Waals surface area contributed by atoms with Gasteiger partial charge in [-0.05, 0) is 31.8 Å². The number of aliphatic carboxylic acids is 1. The van der Waals surface area contributed by atoms with E-state index in [-0.39, 0.29) is 6.42 Å². The van der Waals surface area contributed by atoms with Gasteiger partial charge in [0, 0.05) is 25.6 Å². The van der Waals surface area contributed by atoms with Crippen LogP contribution in [0.15, 0.2) is 0 Å². The average Bonchev–Trinajstić information content (AvgIpc) is 2.39. The zero-order chi connectivity index (χ0) is 12.0. The Hall–Kier alpha value is -0.610. The fourth-order valence-corrected chi connectivity index (χ4v) is 2.25. The van der Waals surface area contributed by atoms with Crippen LogP contribution in [0.1, 0.15) is 33.1 Å². The second kappa shape index (κ2) is 6.86. The number of carbonyl (C=O) groups is 1. The molecule has 0 saturated carbocycles. The van der Waals surface area contributed by atoms with Gasteiger partial charge in [-0.2, -0.15) is 0 Å². The highest BCUT2D eigenvalue weighted by Crippen LogP contribution is 2.08. The van der Waals surface area contributed by atoms with E-state index in [9.17, 15) is 4.79 Å². The number of nitrogens with one attached hydrogen (secondary N) is 1. The highest BCUT2D eigenvalue weighted by molar-refractivity contribution is 5.66. The van der Waals surface area contributed by atoms with Gasteiger partial charge in [0.05, 0.1) is 0 Å². The molecule has 94 valence electrons. The van der Waals surface area contributed by atoms with Crippen molar-refractivity contribution in [1.82, 2.24) is 10.2 Å².